The molecule has 2 rings (SSSR count). The molecule has 0 radical (unpaired) electrons. The van der Waals surface area contributed by atoms with Crippen LogP contribution in [0.4, 0.5) is 0 Å². The average molecular weight is 243 g/mol. The number of aromatic nitrogens is 2. The van der Waals surface area contributed by atoms with Crippen molar-refractivity contribution in [3.63, 3.8) is 0 Å². The van der Waals surface area contributed by atoms with Crippen LogP contribution in [0.2, 0.25) is 0 Å². The maximum Gasteiger partial charge on any atom is 0.266 e. The van der Waals surface area contributed by atoms with Crippen molar-refractivity contribution in [1.29, 1.82) is 0 Å². The summed E-state index contributed by atoms with van der Waals surface area (Å²) in [5.41, 5.74) is 0.694. The fourth-order valence-corrected chi connectivity index (χ4v) is 1.63. The number of amides is 1. The van der Waals surface area contributed by atoms with Gasteiger partial charge in [-0.2, -0.15) is 0 Å². The van der Waals surface area contributed by atoms with Crippen LogP contribution in [-0.2, 0) is 6.54 Å². The van der Waals surface area contributed by atoms with Crippen molar-refractivity contribution in [2.75, 3.05) is 7.05 Å². The normalized spacial score (nSPS) is 10.1. The third-order valence-corrected chi connectivity index (χ3v) is 2.57. The van der Waals surface area contributed by atoms with E-state index >= 15 is 0 Å². The van der Waals surface area contributed by atoms with Crippen molar-refractivity contribution >= 4 is 5.91 Å². The van der Waals surface area contributed by atoms with Gasteiger partial charge in [0.1, 0.15) is 5.56 Å². The first-order chi connectivity index (χ1) is 8.72. The molecule has 92 valence electrons. The molecule has 0 unspecified atom stereocenters. The smallest absolute Gasteiger partial charge is 0.266 e. The first-order valence-electron chi connectivity index (χ1n) is 5.53. The second-order valence-corrected chi connectivity index (χ2v) is 3.81. The van der Waals surface area contributed by atoms with E-state index in [0.717, 1.165) is 5.56 Å². The highest BCUT2D eigenvalue weighted by molar-refractivity contribution is 5.93. The average Bonchev–Trinajstić information content (AvgIpc) is 2.41. The van der Waals surface area contributed by atoms with Gasteiger partial charge in [0.25, 0.3) is 11.5 Å². The maximum absolute atomic E-state index is 12.0. The summed E-state index contributed by atoms with van der Waals surface area (Å²) in [6, 6.07) is 9.54. The van der Waals surface area contributed by atoms with E-state index in [1.54, 1.807) is 0 Å². The zero-order valence-corrected chi connectivity index (χ0v) is 9.96. The topological polar surface area (TPSA) is 64.0 Å². The highest BCUT2D eigenvalue weighted by Crippen LogP contribution is 2.00. The Hall–Kier alpha value is -2.43. The summed E-state index contributed by atoms with van der Waals surface area (Å²) in [5.74, 6) is -0.421. The zero-order valence-electron chi connectivity index (χ0n) is 9.96. The Morgan fingerprint density at radius 2 is 2.06 bits per heavy atom. The number of benzene rings is 1. The van der Waals surface area contributed by atoms with Crippen LogP contribution in [0, 0.1) is 0 Å². The number of nitrogens with one attached hydrogen (secondary N) is 1. The molecule has 0 bridgehead atoms. The van der Waals surface area contributed by atoms with Crippen LogP contribution in [0.1, 0.15) is 15.9 Å². The third-order valence-electron chi connectivity index (χ3n) is 2.57. The molecule has 1 amide bonds. The fourth-order valence-electron chi connectivity index (χ4n) is 1.63. The van der Waals surface area contributed by atoms with Crippen molar-refractivity contribution in [3.05, 3.63) is 64.3 Å². The van der Waals surface area contributed by atoms with E-state index in [-0.39, 0.29) is 11.1 Å². The molecule has 0 spiro atoms. The molecule has 2 aromatic rings. The number of hydrogen-bond acceptors (Lipinski definition) is 3. The quantitative estimate of drug-likeness (QED) is 0.861. The largest absolute Gasteiger partial charge is 0.355 e. The summed E-state index contributed by atoms with van der Waals surface area (Å²) in [6.45, 7) is 0.400. The second-order valence-electron chi connectivity index (χ2n) is 3.81. The van der Waals surface area contributed by atoms with E-state index in [1.165, 1.54) is 24.1 Å². The Morgan fingerprint density at radius 1 is 1.33 bits per heavy atom. The highest BCUT2D eigenvalue weighted by atomic mass is 16.2. The number of nitrogens with zero attached hydrogens (tertiary/aromatic N) is 2. The summed E-state index contributed by atoms with van der Waals surface area (Å²) in [5, 5.41) is 2.42. The van der Waals surface area contributed by atoms with E-state index in [4.69, 9.17) is 0 Å². The van der Waals surface area contributed by atoms with Crippen LogP contribution in [0.3, 0.4) is 0 Å². The molecular weight excluding hydrogens is 230 g/mol. The molecule has 0 atom stereocenters. The summed E-state index contributed by atoms with van der Waals surface area (Å²) in [4.78, 5) is 27.4. The van der Waals surface area contributed by atoms with E-state index < -0.39 is 5.91 Å². The van der Waals surface area contributed by atoms with Crippen molar-refractivity contribution in [2.45, 2.75) is 6.54 Å². The minimum Gasteiger partial charge on any atom is -0.355 e. The van der Waals surface area contributed by atoms with Crippen LogP contribution in [-0.4, -0.2) is 22.5 Å². The van der Waals surface area contributed by atoms with Gasteiger partial charge < -0.3 is 5.32 Å². The standard InChI is InChI=1S/C13H13N3O2/c1-14-12(17)11-7-15-9-16(13(11)18)8-10-5-3-2-4-6-10/h2-7,9H,8H2,1H3,(H,14,17). The molecule has 0 aliphatic rings. The summed E-state index contributed by atoms with van der Waals surface area (Å²) < 4.78 is 1.42. The van der Waals surface area contributed by atoms with Gasteiger partial charge >= 0.3 is 0 Å². The molecule has 18 heavy (non-hydrogen) atoms. The molecule has 1 heterocycles. The van der Waals surface area contributed by atoms with Crippen LogP contribution in [0.25, 0.3) is 0 Å². The lowest BCUT2D eigenvalue weighted by atomic mass is 10.2. The monoisotopic (exact) mass is 243 g/mol. The van der Waals surface area contributed by atoms with Gasteiger partial charge in [-0.3, -0.25) is 14.2 Å². The van der Waals surface area contributed by atoms with E-state index in [2.05, 4.69) is 10.3 Å². The van der Waals surface area contributed by atoms with Crippen molar-refractivity contribution in [3.8, 4) is 0 Å². The van der Waals surface area contributed by atoms with Gasteiger partial charge in [-0.15, -0.1) is 0 Å². The van der Waals surface area contributed by atoms with Crippen LogP contribution >= 0.6 is 0 Å². The molecule has 0 fully saturated rings. The van der Waals surface area contributed by atoms with E-state index in [0.29, 0.717) is 6.54 Å². The second kappa shape index (κ2) is 5.27. The Labute approximate surface area is 104 Å². The van der Waals surface area contributed by atoms with Crippen molar-refractivity contribution < 1.29 is 4.79 Å². The van der Waals surface area contributed by atoms with Gasteiger partial charge in [0.05, 0.1) is 12.9 Å². The predicted octanol–water partition coefficient (Wildman–Crippen LogP) is 0.651. The van der Waals surface area contributed by atoms with Gasteiger partial charge in [-0.25, -0.2) is 4.98 Å². The fraction of sp³-hybridized carbons (Fsp3) is 0.154. The predicted molar refractivity (Wildman–Crippen MR) is 67.4 cm³/mol. The minimum atomic E-state index is -0.421. The summed E-state index contributed by atoms with van der Waals surface area (Å²) >= 11 is 0. The van der Waals surface area contributed by atoms with Gasteiger partial charge in [-0.05, 0) is 5.56 Å². The number of hydrogen-bond donors (Lipinski definition) is 1. The Morgan fingerprint density at radius 3 is 2.72 bits per heavy atom. The van der Waals surface area contributed by atoms with Gasteiger partial charge in [0.15, 0.2) is 0 Å². The lowest BCUT2D eigenvalue weighted by molar-refractivity contribution is 0.0960. The van der Waals surface area contributed by atoms with Crippen LogP contribution in [0.15, 0.2) is 47.7 Å². The number of rotatable bonds is 3. The van der Waals surface area contributed by atoms with Gasteiger partial charge in [0, 0.05) is 13.2 Å². The van der Waals surface area contributed by atoms with E-state index in [9.17, 15) is 9.59 Å². The van der Waals surface area contributed by atoms with Crippen LogP contribution < -0.4 is 10.9 Å². The molecule has 1 aromatic carbocycles. The Balaban J connectivity index is 2.35. The van der Waals surface area contributed by atoms with Crippen molar-refractivity contribution in [2.24, 2.45) is 0 Å². The summed E-state index contributed by atoms with van der Waals surface area (Å²) in [7, 11) is 1.48. The molecule has 1 N–H and O–H groups in total. The molecule has 0 saturated heterocycles. The minimum absolute atomic E-state index is 0.0518. The lowest BCUT2D eigenvalue weighted by Gasteiger charge is -2.06. The first kappa shape index (κ1) is 12.0. The molecule has 1 aromatic heterocycles. The molecule has 5 heteroatoms. The van der Waals surface area contributed by atoms with E-state index in [1.807, 2.05) is 30.3 Å². The van der Waals surface area contributed by atoms with Gasteiger partial charge in [0.2, 0.25) is 0 Å². The van der Waals surface area contributed by atoms with Gasteiger partial charge in [-0.1, -0.05) is 30.3 Å². The first-order valence-corrected chi connectivity index (χ1v) is 5.53. The molecule has 5 nitrogen and oxygen atoms in total. The SMILES string of the molecule is CNC(=O)c1cncn(Cc2ccccc2)c1=O. The molecule has 0 aliphatic heterocycles. The lowest BCUT2D eigenvalue weighted by Crippen LogP contribution is -2.31. The van der Waals surface area contributed by atoms with Crippen molar-refractivity contribution in [1.82, 2.24) is 14.9 Å². The molecule has 0 aliphatic carbocycles. The molecular formula is C13H13N3O2. The number of carbonyl (C=O) groups excluding carboxylic acids is 1. The Bertz CT molecular complexity index is 605. The molecule has 0 saturated carbocycles. The number of carbonyl (C=O) groups is 1. The summed E-state index contributed by atoms with van der Waals surface area (Å²) in [6.07, 6.45) is 2.71. The third kappa shape index (κ3) is 2.45. The zero-order chi connectivity index (χ0) is 13.0. The Kier molecular flexibility index (Phi) is 3.52. The van der Waals surface area contributed by atoms with Crippen LogP contribution in [0.5, 0.6) is 0 Å². The highest BCUT2D eigenvalue weighted by Gasteiger charge is 2.10. The maximum atomic E-state index is 12.0.